The summed E-state index contributed by atoms with van der Waals surface area (Å²) in [5.74, 6) is 0. The van der Waals surface area contributed by atoms with Gasteiger partial charge in [-0.3, -0.25) is 4.90 Å². The zero-order chi connectivity index (χ0) is 11.1. The second kappa shape index (κ2) is 7.20. The Morgan fingerprint density at radius 2 is 2.20 bits per heavy atom. The minimum Gasteiger partial charge on any atom is -0.379 e. The monoisotopic (exact) mass is 214 g/mol. The summed E-state index contributed by atoms with van der Waals surface area (Å²) in [7, 11) is 0. The van der Waals surface area contributed by atoms with E-state index in [0.717, 1.165) is 25.6 Å². The van der Waals surface area contributed by atoms with E-state index in [0.29, 0.717) is 6.10 Å². The molecule has 1 atom stereocenters. The van der Waals surface area contributed by atoms with E-state index in [4.69, 9.17) is 4.74 Å². The summed E-state index contributed by atoms with van der Waals surface area (Å²) in [5.41, 5.74) is 0. The SMILES string of the molecule is CC(C)OCCCN1CCNCCC1C. The number of hydrogen-bond acceptors (Lipinski definition) is 3. The Kier molecular flexibility index (Phi) is 6.22. The van der Waals surface area contributed by atoms with Crippen LogP contribution in [0.5, 0.6) is 0 Å². The molecule has 1 unspecified atom stereocenters. The molecule has 0 saturated carbocycles. The summed E-state index contributed by atoms with van der Waals surface area (Å²) in [5, 5.41) is 3.44. The lowest BCUT2D eigenvalue weighted by Gasteiger charge is -2.26. The summed E-state index contributed by atoms with van der Waals surface area (Å²) in [6.45, 7) is 12.1. The van der Waals surface area contributed by atoms with Crippen LogP contribution in [0.4, 0.5) is 0 Å². The molecule has 90 valence electrons. The van der Waals surface area contributed by atoms with Crippen LogP contribution in [0.15, 0.2) is 0 Å². The van der Waals surface area contributed by atoms with Gasteiger partial charge in [-0.2, -0.15) is 0 Å². The second-order valence-corrected chi connectivity index (χ2v) is 4.70. The normalized spacial score (nSPS) is 24.4. The Labute approximate surface area is 94.2 Å². The smallest absolute Gasteiger partial charge is 0.0518 e. The van der Waals surface area contributed by atoms with Gasteiger partial charge in [-0.1, -0.05) is 0 Å². The fourth-order valence-electron chi connectivity index (χ4n) is 1.98. The fourth-order valence-corrected chi connectivity index (χ4v) is 1.98. The number of nitrogens with one attached hydrogen (secondary N) is 1. The van der Waals surface area contributed by atoms with E-state index in [9.17, 15) is 0 Å². The fraction of sp³-hybridized carbons (Fsp3) is 1.00. The molecule has 0 aliphatic carbocycles. The second-order valence-electron chi connectivity index (χ2n) is 4.70. The van der Waals surface area contributed by atoms with Crippen LogP contribution in [0.25, 0.3) is 0 Å². The highest BCUT2D eigenvalue weighted by molar-refractivity contribution is 4.73. The Morgan fingerprint density at radius 1 is 1.40 bits per heavy atom. The molecule has 0 bridgehead atoms. The average molecular weight is 214 g/mol. The van der Waals surface area contributed by atoms with E-state index in [2.05, 4.69) is 31.0 Å². The van der Waals surface area contributed by atoms with Crippen molar-refractivity contribution in [2.24, 2.45) is 0 Å². The third-order valence-electron chi connectivity index (χ3n) is 2.98. The number of rotatable bonds is 5. The first kappa shape index (κ1) is 12.9. The highest BCUT2D eigenvalue weighted by atomic mass is 16.5. The van der Waals surface area contributed by atoms with E-state index in [-0.39, 0.29) is 0 Å². The van der Waals surface area contributed by atoms with Crippen LogP contribution in [-0.4, -0.2) is 49.8 Å². The van der Waals surface area contributed by atoms with Crippen molar-refractivity contribution in [2.45, 2.75) is 45.8 Å². The third-order valence-corrected chi connectivity index (χ3v) is 2.98. The molecular formula is C12H26N2O. The van der Waals surface area contributed by atoms with Crippen molar-refractivity contribution in [1.29, 1.82) is 0 Å². The van der Waals surface area contributed by atoms with E-state index in [1.807, 2.05) is 0 Å². The molecule has 0 spiro atoms. The molecular weight excluding hydrogens is 188 g/mol. The molecule has 1 fully saturated rings. The lowest BCUT2D eigenvalue weighted by Crippen LogP contribution is -2.35. The summed E-state index contributed by atoms with van der Waals surface area (Å²) >= 11 is 0. The predicted octanol–water partition coefficient (Wildman–Crippen LogP) is 1.49. The van der Waals surface area contributed by atoms with Gasteiger partial charge in [-0.25, -0.2) is 0 Å². The molecule has 1 saturated heterocycles. The van der Waals surface area contributed by atoms with Gasteiger partial charge in [0.1, 0.15) is 0 Å². The van der Waals surface area contributed by atoms with Gasteiger partial charge < -0.3 is 10.1 Å². The van der Waals surface area contributed by atoms with Gasteiger partial charge in [0.05, 0.1) is 6.10 Å². The van der Waals surface area contributed by atoms with Crippen molar-refractivity contribution < 1.29 is 4.74 Å². The van der Waals surface area contributed by atoms with Crippen LogP contribution in [0.1, 0.15) is 33.6 Å². The Morgan fingerprint density at radius 3 is 2.93 bits per heavy atom. The standard InChI is InChI=1S/C12H26N2O/c1-11(2)15-10-4-8-14-9-7-13-6-5-12(14)3/h11-13H,4-10H2,1-3H3. The minimum absolute atomic E-state index is 0.369. The van der Waals surface area contributed by atoms with Crippen molar-refractivity contribution in [3.63, 3.8) is 0 Å². The van der Waals surface area contributed by atoms with Crippen LogP contribution in [0, 0.1) is 0 Å². The Bertz CT molecular complexity index is 162. The van der Waals surface area contributed by atoms with Gasteiger partial charge in [0, 0.05) is 32.3 Å². The summed E-state index contributed by atoms with van der Waals surface area (Å²) in [4.78, 5) is 2.57. The van der Waals surface area contributed by atoms with Gasteiger partial charge in [0.25, 0.3) is 0 Å². The summed E-state index contributed by atoms with van der Waals surface area (Å²) in [6, 6.07) is 0.721. The van der Waals surface area contributed by atoms with Crippen molar-refractivity contribution >= 4 is 0 Å². The molecule has 1 N–H and O–H groups in total. The van der Waals surface area contributed by atoms with Gasteiger partial charge in [-0.05, 0) is 40.2 Å². The predicted molar refractivity (Wildman–Crippen MR) is 64.2 cm³/mol. The van der Waals surface area contributed by atoms with Crippen molar-refractivity contribution in [3.05, 3.63) is 0 Å². The van der Waals surface area contributed by atoms with Gasteiger partial charge in [-0.15, -0.1) is 0 Å². The summed E-state index contributed by atoms with van der Waals surface area (Å²) < 4.78 is 5.56. The molecule has 0 aromatic carbocycles. The van der Waals surface area contributed by atoms with Crippen LogP contribution in [-0.2, 0) is 4.74 Å². The van der Waals surface area contributed by atoms with Crippen LogP contribution >= 0.6 is 0 Å². The quantitative estimate of drug-likeness (QED) is 0.702. The maximum Gasteiger partial charge on any atom is 0.0518 e. The lowest BCUT2D eigenvalue weighted by atomic mass is 10.2. The van der Waals surface area contributed by atoms with Crippen molar-refractivity contribution in [2.75, 3.05) is 32.8 Å². The first-order valence-electron chi connectivity index (χ1n) is 6.26. The Balaban J connectivity index is 2.12. The first-order chi connectivity index (χ1) is 7.20. The number of nitrogens with zero attached hydrogens (tertiary/aromatic N) is 1. The minimum atomic E-state index is 0.369. The molecule has 1 heterocycles. The van der Waals surface area contributed by atoms with E-state index >= 15 is 0 Å². The van der Waals surface area contributed by atoms with Crippen LogP contribution in [0.2, 0.25) is 0 Å². The van der Waals surface area contributed by atoms with Gasteiger partial charge >= 0.3 is 0 Å². The van der Waals surface area contributed by atoms with E-state index < -0.39 is 0 Å². The van der Waals surface area contributed by atoms with E-state index in [1.54, 1.807) is 0 Å². The topological polar surface area (TPSA) is 24.5 Å². The lowest BCUT2D eigenvalue weighted by molar-refractivity contribution is 0.0679. The molecule has 1 aliphatic heterocycles. The maximum absolute atomic E-state index is 5.56. The molecule has 15 heavy (non-hydrogen) atoms. The zero-order valence-electron chi connectivity index (χ0n) is 10.5. The zero-order valence-corrected chi connectivity index (χ0v) is 10.5. The highest BCUT2D eigenvalue weighted by Gasteiger charge is 2.15. The molecule has 0 aromatic heterocycles. The van der Waals surface area contributed by atoms with Crippen LogP contribution in [0.3, 0.4) is 0 Å². The van der Waals surface area contributed by atoms with Crippen molar-refractivity contribution in [3.8, 4) is 0 Å². The third kappa shape index (κ3) is 5.50. The molecule has 0 radical (unpaired) electrons. The number of hydrogen-bond donors (Lipinski definition) is 1. The van der Waals surface area contributed by atoms with E-state index in [1.165, 1.54) is 26.1 Å². The summed E-state index contributed by atoms with van der Waals surface area (Å²) in [6.07, 6.45) is 2.79. The highest BCUT2D eigenvalue weighted by Crippen LogP contribution is 2.06. The van der Waals surface area contributed by atoms with Crippen LogP contribution < -0.4 is 5.32 Å². The molecule has 0 amide bonds. The molecule has 3 nitrogen and oxygen atoms in total. The average Bonchev–Trinajstić information content (AvgIpc) is 2.38. The van der Waals surface area contributed by atoms with Gasteiger partial charge in [0.2, 0.25) is 0 Å². The van der Waals surface area contributed by atoms with Crippen molar-refractivity contribution in [1.82, 2.24) is 10.2 Å². The maximum atomic E-state index is 5.56. The molecule has 1 rings (SSSR count). The van der Waals surface area contributed by atoms with Gasteiger partial charge in [0.15, 0.2) is 0 Å². The molecule has 3 heteroatoms. The Hall–Kier alpha value is -0.120. The molecule has 0 aromatic rings. The first-order valence-corrected chi connectivity index (χ1v) is 6.26. The largest absolute Gasteiger partial charge is 0.379 e. The molecule has 1 aliphatic rings. The number of ether oxygens (including phenoxy) is 1.